The molecule has 7 nitrogen and oxygen atoms in total. The van der Waals surface area contributed by atoms with Crippen molar-refractivity contribution in [2.24, 2.45) is 5.92 Å². The minimum atomic E-state index is -0.614. The number of amides is 2. The first-order valence-electron chi connectivity index (χ1n) is 11.1. The van der Waals surface area contributed by atoms with Crippen molar-refractivity contribution < 1.29 is 14.0 Å². The van der Waals surface area contributed by atoms with Crippen LogP contribution in [-0.2, 0) is 4.79 Å². The Kier molecular flexibility index (Phi) is 5.26. The van der Waals surface area contributed by atoms with Crippen LogP contribution in [0.25, 0.3) is 0 Å². The number of fused-ring (bicyclic) bond motifs is 4. The number of furan rings is 1. The second-order valence-corrected chi connectivity index (χ2v) is 8.81. The van der Waals surface area contributed by atoms with E-state index >= 15 is 0 Å². The van der Waals surface area contributed by atoms with E-state index in [1.807, 2.05) is 6.07 Å². The molecule has 1 N–H and O–H groups in total. The summed E-state index contributed by atoms with van der Waals surface area (Å²) in [7, 11) is 0. The quantitative estimate of drug-likeness (QED) is 0.770. The fraction of sp³-hybridized carbons (Fsp3) is 0.458. The molecule has 0 spiro atoms. The normalized spacial score (nSPS) is 24.8. The SMILES string of the molecule is O=C(NCC1=CCCCC1)[C@H]1[C@@H]2C[C@@H](CN(C(=O)c3ccco3)C2)c2cccc(=O)n21. The Bertz CT molecular complexity index is 1070. The standard InChI is InChI=1S/C24H27N3O4/c28-21-10-4-8-19-17-12-18(15-26(14-17)24(30)20-9-5-11-31-20)22(27(19)21)23(29)25-13-16-6-2-1-3-7-16/h4-6,8-11,17-18,22H,1-3,7,12-15H2,(H,25,29)/t17-,18+,22+/m0/s1. The molecule has 0 unspecified atom stereocenters. The predicted molar refractivity (Wildman–Crippen MR) is 115 cm³/mol. The van der Waals surface area contributed by atoms with Crippen molar-refractivity contribution in [2.45, 2.75) is 44.1 Å². The van der Waals surface area contributed by atoms with Gasteiger partial charge in [-0.1, -0.05) is 17.7 Å². The molecule has 1 aliphatic carbocycles. The van der Waals surface area contributed by atoms with Crippen molar-refractivity contribution in [3.63, 3.8) is 0 Å². The van der Waals surface area contributed by atoms with Gasteiger partial charge in [0, 0.05) is 43.2 Å². The molecule has 2 amide bonds. The highest BCUT2D eigenvalue weighted by molar-refractivity contribution is 5.91. The molecule has 0 aromatic carbocycles. The molecule has 7 heteroatoms. The van der Waals surface area contributed by atoms with Gasteiger partial charge in [0.2, 0.25) is 5.91 Å². The summed E-state index contributed by atoms with van der Waals surface area (Å²) in [5.41, 5.74) is 1.93. The summed E-state index contributed by atoms with van der Waals surface area (Å²) in [5.74, 6) is -0.104. The minimum Gasteiger partial charge on any atom is -0.459 e. The number of hydrogen-bond acceptors (Lipinski definition) is 4. The van der Waals surface area contributed by atoms with E-state index in [0.717, 1.165) is 31.4 Å². The van der Waals surface area contributed by atoms with E-state index in [2.05, 4.69) is 11.4 Å². The lowest BCUT2D eigenvalue weighted by Gasteiger charge is -2.46. The number of hydrogen-bond donors (Lipinski definition) is 1. The molecule has 2 aliphatic heterocycles. The van der Waals surface area contributed by atoms with Crippen molar-refractivity contribution in [3.8, 4) is 0 Å². The van der Waals surface area contributed by atoms with Gasteiger partial charge in [-0.25, -0.2) is 0 Å². The lowest BCUT2D eigenvalue weighted by atomic mass is 9.78. The molecule has 2 aromatic heterocycles. The van der Waals surface area contributed by atoms with Crippen molar-refractivity contribution in [1.82, 2.24) is 14.8 Å². The van der Waals surface area contributed by atoms with Gasteiger partial charge < -0.3 is 14.6 Å². The highest BCUT2D eigenvalue weighted by atomic mass is 16.3. The van der Waals surface area contributed by atoms with E-state index < -0.39 is 6.04 Å². The van der Waals surface area contributed by atoms with Crippen LogP contribution in [0, 0.1) is 5.92 Å². The summed E-state index contributed by atoms with van der Waals surface area (Å²) in [6.07, 6.45) is 8.91. The second-order valence-electron chi connectivity index (χ2n) is 8.81. The third-order valence-corrected chi connectivity index (χ3v) is 6.81. The molecule has 31 heavy (non-hydrogen) atoms. The average molecular weight is 421 g/mol. The van der Waals surface area contributed by atoms with Crippen LogP contribution in [0.2, 0.25) is 0 Å². The predicted octanol–water partition coefficient (Wildman–Crippen LogP) is 2.86. The van der Waals surface area contributed by atoms with Gasteiger partial charge in [0.15, 0.2) is 5.76 Å². The first-order valence-corrected chi connectivity index (χ1v) is 11.1. The van der Waals surface area contributed by atoms with Crippen LogP contribution in [0.5, 0.6) is 0 Å². The zero-order chi connectivity index (χ0) is 21.4. The van der Waals surface area contributed by atoms with Gasteiger partial charge in [-0.2, -0.15) is 0 Å². The van der Waals surface area contributed by atoms with Crippen molar-refractivity contribution in [2.75, 3.05) is 19.6 Å². The Hall–Kier alpha value is -3.09. The Morgan fingerprint density at radius 3 is 2.81 bits per heavy atom. The third-order valence-electron chi connectivity index (χ3n) is 6.81. The molecule has 162 valence electrons. The molecule has 5 rings (SSSR count). The van der Waals surface area contributed by atoms with Crippen molar-refractivity contribution in [3.05, 3.63) is 70.1 Å². The number of piperidine rings is 1. The van der Waals surface area contributed by atoms with Gasteiger partial charge in [0.25, 0.3) is 11.5 Å². The van der Waals surface area contributed by atoms with E-state index in [1.165, 1.54) is 24.3 Å². The number of carbonyl (C=O) groups excluding carboxylic acids is 2. The summed E-state index contributed by atoms with van der Waals surface area (Å²) < 4.78 is 6.97. The van der Waals surface area contributed by atoms with Crippen LogP contribution >= 0.6 is 0 Å². The second kappa shape index (κ2) is 8.21. The van der Waals surface area contributed by atoms with E-state index in [0.29, 0.717) is 25.4 Å². The van der Waals surface area contributed by atoms with Crippen LogP contribution < -0.4 is 10.9 Å². The third kappa shape index (κ3) is 3.73. The molecule has 3 aliphatic rings. The maximum absolute atomic E-state index is 13.3. The fourth-order valence-electron chi connectivity index (χ4n) is 5.36. The molecule has 1 saturated heterocycles. The number of pyridine rings is 1. The minimum absolute atomic E-state index is 0.0247. The van der Waals surface area contributed by atoms with Crippen LogP contribution in [0.3, 0.4) is 0 Å². The van der Waals surface area contributed by atoms with Gasteiger partial charge in [0.1, 0.15) is 6.04 Å². The summed E-state index contributed by atoms with van der Waals surface area (Å²) in [4.78, 5) is 40.8. The lowest BCUT2D eigenvalue weighted by Crippen LogP contribution is -2.54. The van der Waals surface area contributed by atoms with E-state index in [9.17, 15) is 14.4 Å². The number of allylic oxidation sites excluding steroid dienone is 1. The van der Waals surface area contributed by atoms with Crippen LogP contribution in [0.15, 0.2) is 57.5 Å². The number of nitrogens with one attached hydrogen (secondary N) is 1. The first-order chi connectivity index (χ1) is 15.1. The van der Waals surface area contributed by atoms with E-state index in [-0.39, 0.29) is 29.2 Å². The number of aromatic nitrogens is 1. The number of likely N-dealkylation sites (tertiary alicyclic amines) is 1. The Labute approximate surface area is 180 Å². The first kappa shape index (κ1) is 19.8. The molecular weight excluding hydrogens is 394 g/mol. The number of carbonyl (C=O) groups is 2. The van der Waals surface area contributed by atoms with Gasteiger partial charge in [-0.15, -0.1) is 0 Å². The van der Waals surface area contributed by atoms with Crippen LogP contribution in [0.4, 0.5) is 0 Å². The van der Waals surface area contributed by atoms with Crippen LogP contribution in [0.1, 0.15) is 60.3 Å². The zero-order valence-electron chi connectivity index (χ0n) is 17.5. The molecule has 1 fully saturated rings. The largest absolute Gasteiger partial charge is 0.459 e. The summed E-state index contributed by atoms with van der Waals surface area (Å²) in [5, 5.41) is 3.08. The summed E-state index contributed by atoms with van der Waals surface area (Å²) >= 11 is 0. The van der Waals surface area contributed by atoms with E-state index in [4.69, 9.17) is 4.42 Å². The molecular formula is C24H27N3O4. The molecule has 2 aromatic rings. The Balaban J connectivity index is 1.43. The lowest BCUT2D eigenvalue weighted by molar-refractivity contribution is -0.127. The highest BCUT2D eigenvalue weighted by Gasteiger charge is 2.45. The molecule has 0 radical (unpaired) electrons. The van der Waals surface area contributed by atoms with Crippen molar-refractivity contribution >= 4 is 11.8 Å². The number of rotatable bonds is 4. The summed E-state index contributed by atoms with van der Waals surface area (Å²) in [6, 6.07) is 7.91. The van der Waals surface area contributed by atoms with Gasteiger partial charge in [0.05, 0.1) is 6.26 Å². The highest BCUT2D eigenvalue weighted by Crippen LogP contribution is 2.41. The monoisotopic (exact) mass is 421 g/mol. The maximum atomic E-state index is 13.3. The Morgan fingerprint density at radius 1 is 1.13 bits per heavy atom. The zero-order valence-corrected chi connectivity index (χ0v) is 17.5. The van der Waals surface area contributed by atoms with Crippen molar-refractivity contribution in [1.29, 1.82) is 0 Å². The average Bonchev–Trinajstić information content (AvgIpc) is 3.33. The Morgan fingerprint density at radius 2 is 2.03 bits per heavy atom. The summed E-state index contributed by atoms with van der Waals surface area (Å²) in [6.45, 7) is 1.47. The van der Waals surface area contributed by atoms with Crippen LogP contribution in [-0.4, -0.2) is 40.9 Å². The maximum Gasteiger partial charge on any atom is 0.289 e. The van der Waals surface area contributed by atoms with Gasteiger partial charge in [-0.3, -0.25) is 19.0 Å². The molecule has 2 bridgehead atoms. The van der Waals surface area contributed by atoms with Gasteiger partial charge >= 0.3 is 0 Å². The number of nitrogens with zero attached hydrogens (tertiary/aromatic N) is 2. The molecule has 3 atom stereocenters. The smallest absolute Gasteiger partial charge is 0.289 e. The topological polar surface area (TPSA) is 84.6 Å². The fourth-order valence-corrected chi connectivity index (χ4v) is 5.36. The molecule has 4 heterocycles. The van der Waals surface area contributed by atoms with E-state index in [1.54, 1.807) is 27.7 Å². The molecule has 0 saturated carbocycles. The van der Waals surface area contributed by atoms with Gasteiger partial charge in [-0.05, 0) is 50.3 Å².